The molecule has 0 amide bonds. The molecule has 0 saturated heterocycles. The monoisotopic (exact) mass is 341 g/mol. The van der Waals surface area contributed by atoms with Crippen LogP contribution in [0.1, 0.15) is 46.7 Å². The number of hydrogen-bond acceptors (Lipinski definition) is 2. The highest BCUT2D eigenvalue weighted by Gasteiger charge is 2.16. The molecular formula is C21H27NOS. The van der Waals surface area contributed by atoms with Crippen molar-refractivity contribution in [3.63, 3.8) is 0 Å². The van der Waals surface area contributed by atoms with Crippen molar-refractivity contribution in [2.75, 3.05) is 0 Å². The van der Waals surface area contributed by atoms with E-state index in [1.165, 1.54) is 16.0 Å². The molecule has 128 valence electrons. The lowest BCUT2D eigenvalue weighted by Gasteiger charge is -2.15. The van der Waals surface area contributed by atoms with Gasteiger partial charge in [0.2, 0.25) is 0 Å². The average molecular weight is 342 g/mol. The summed E-state index contributed by atoms with van der Waals surface area (Å²) >= 11 is 1.73. The average Bonchev–Trinajstić information content (AvgIpc) is 2.88. The number of nitrogens with zero attached hydrogens (tertiary/aromatic N) is 1. The Hall–Kier alpha value is -1.87. The van der Waals surface area contributed by atoms with Gasteiger partial charge in [0.05, 0.1) is 5.39 Å². The van der Waals surface area contributed by atoms with E-state index >= 15 is 0 Å². The lowest BCUT2D eigenvalue weighted by Crippen LogP contribution is -2.16. The standard InChI is InChI=1S/C19H21NOS.C2H6/c1-11-6-8-16(9-7-11)10-20-14(4)12(2)18(21)17-13(3)15(5)22-19(17)20;1-2/h6-9H,10H2,1-5H3;1-2H3. The van der Waals surface area contributed by atoms with Gasteiger partial charge in [0.1, 0.15) is 4.83 Å². The van der Waals surface area contributed by atoms with Crippen molar-refractivity contribution in [2.24, 2.45) is 0 Å². The number of benzene rings is 1. The Morgan fingerprint density at radius 3 is 2.08 bits per heavy atom. The van der Waals surface area contributed by atoms with Gasteiger partial charge in [0, 0.05) is 22.7 Å². The van der Waals surface area contributed by atoms with Crippen LogP contribution in [0.2, 0.25) is 0 Å². The number of hydrogen-bond donors (Lipinski definition) is 0. The number of rotatable bonds is 2. The van der Waals surface area contributed by atoms with Crippen molar-refractivity contribution in [2.45, 2.75) is 55.0 Å². The summed E-state index contributed by atoms with van der Waals surface area (Å²) < 4.78 is 2.29. The molecule has 2 aromatic heterocycles. The zero-order chi connectivity index (χ0) is 18.0. The van der Waals surface area contributed by atoms with Crippen molar-refractivity contribution < 1.29 is 0 Å². The van der Waals surface area contributed by atoms with Crippen molar-refractivity contribution in [1.82, 2.24) is 4.57 Å². The predicted octanol–water partition coefficient (Wildman–Crippen LogP) is 5.68. The van der Waals surface area contributed by atoms with E-state index in [2.05, 4.69) is 56.5 Å². The summed E-state index contributed by atoms with van der Waals surface area (Å²) in [6.07, 6.45) is 0. The summed E-state index contributed by atoms with van der Waals surface area (Å²) in [7, 11) is 0. The quantitative estimate of drug-likeness (QED) is 0.588. The third-order valence-corrected chi connectivity index (χ3v) is 5.82. The minimum absolute atomic E-state index is 0.189. The molecule has 3 aromatic rings. The summed E-state index contributed by atoms with van der Waals surface area (Å²) in [4.78, 5) is 15.0. The molecule has 3 rings (SSSR count). The van der Waals surface area contributed by atoms with Crippen molar-refractivity contribution in [3.05, 3.63) is 67.3 Å². The highest BCUT2D eigenvalue weighted by atomic mass is 32.1. The number of pyridine rings is 1. The van der Waals surface area contributed by atoms with E-state index in [0.717, 1.165) is 33.6 Å². The summed E-state index contributed by atoms with van der Waals surface area (Å²) in [5, 5.41) is 0.901. The molecule has 0 bridgehead atoms. The molecule has 2 nitrogen and oxygen atoms in total. The van der Waals surface area contributed by atoms with E-state index in [1.54, 1.807) is 11.3 Å². The van der Waals surface area contributed by atoms with Crippen LogP contribution in [0.3, 0.4) is 0 Å². The van der Waals surface area contributed by atoms with Crippen LogP contribution < -0.4 is 5.43 Å². The Balaban J connectivity index is 0.00000100. The summed E-state index contributed by atoms with van der Waals surface area (Å²) in [5.41, 5.74) is 5.78. The SMILES string of the molecule is CC.Cc1ccc(Cn2c(C)c(C)c(=O)c3c(C)c(C)sc32)cc1. The second-order valence-corrected chi connectivity index (χ2v) is 7.28. The first kappa shape index (κ1) is 18.5. The maximum atomic E-state index is 12.6. The van der Waals surface area contributed by atoms with Crippen LogP contribution in [0.4, 0.5) is 0 Å². The van der Waals surface area contributed by atoms with Crippen LogP contribution in [0.15, 0.2) is 29.1 Å². The van der Waals surface area contributed by atoms with E-state index in [-0.39, 0.29) is 5.43 Å². The third kappa shape index (κ3) is 3.18. The molecule has 0 atom stereocenters. The van der Waals surface area contributed by atoms with Gasteiger partial charge < -0.3 is 4.57 Å². The fourth-order valence-corrected chi connectivity index (χ4v) is 4.04. The van der Waals surface area contributed by atoms with E-state index in [1.807, 2.05) is 20.8 Å². The van der Waals surface area contributed by atoms with Crippen molar-refractivity contribution in [1.29, 1.82) is 0 Å². The van der Waals surface area contributed by atoms with Crippen LogP contribution in [0.5, 0.6) is 0 Å². The number of thiophene rings is 1. The highest BCUT2D eigenvalue weighted by molar-refractivity contribution is 7.18. The first-order valence-corrected chi connectivity index (χ1v) is 9.37. The molecule has 0 radical (unpaired) electrons. The molecule has 24 heavy (non-hydrogen) atoms. The van der Waals surface area contributed by atoms with E-state index in [0.29, 0.717) is 0 Å². The van der Waals surface area contributed by atoms with Gasteiger partial charge in [-0.2, -0.15) is 0 Å². The molecule has 3 heteroatoms. The fourth-order valence-electron chi connectivity index (χ4n) is 2.84. The van der Waals surface area contributed by atoms with Crippen LogP contribution >= 0.6 is 11.3 Å². The summed E-state index contributed by atoms with van der Waals surface area (Å²) in [6, 6.07) is 8.62. The Morgan fingerprint density at radius 2 is 1.50 bits per heavy atom. The first-order valence-electron chi connectivity index (χ1n) is 8.55. The molecular weight excluding hydrogens is 314 g/mol. The zero-order valence-electron chi connectivity index (χ0n) is 15.8. The predicted molar refractivity (Wildman–Crippen MR) is 107 cm³/mol. The van der Waals surface area contributed by atoms with Crippen LogP contribution in [-0.4, -0.2) is 4.57 Å². The largest absolute Gasteiger partial charge is 0.332 e. The van der Waals surface area contributed by atoms with E-state index in [4.69, 9.17) is 0 Å². The normalized spacial score (nSPS) is 10.6. The van der Waals surface area contributed by atoms with Gasteiger partial charge in [-0.1, -0.05) is 43.7 Å². The fraction of sp³-hybridized carbons (Fsp3) is 0.381. The molecule has 0 N–H and O–H groups in total. The van der Waals surface area contributed by atoms with Gasteiger partial charge in [0.25, 0.3) is 0 Å². The van der Waals surface area contributed by atoms with Gasteiger partial charge in [-0.15, -0.1) is 11.3 Å². The maximum absolute atomic E-state index is 12.6. The van der Waals surface area contributed by atoms with Crippen LogP contribution in [-0.2, 0) is 6.54 Å². The molecule has 0 saturated carbocycles. The molecule has 0 aliphatic rings. The Morgan fingerprint density at radius 1 is 0.917 bits per heavy atom. The Bertz CT molecular complexity index is 914. The molecule has 0 aliphatic carbocycles. The summed E-state index contributed by atoms with van der Waals surface area (Å²) in [5.74, 6) is 0. The van der Waals surface area contributed by atoms with Crippen LogP contribution in [0.25, 0.3) is 10.2 Å². The molecule has 0 aliphatic heterocycles. The van der Waals surface area contributed by atoms with Gasteiger partial charge in [0.15, 0.2) is 5.43 Å². The lowest BCUT2D eigenvalue weighted by molar-refractivity contribution is 0.790. The van der Waals surface area contributed by atoms with Crippen molar-refractivity contribution >= 4 is 21.6 Å². The second kappa shape index (κ2) is 7.35. The highest BCUT2D eigenvalue weighted by Crippen LogP contribution is 2.30. The van der Waals surface area contributed by atoms with Gasteiger partial charge in [-0.25, -0.2) is 0 Å². The molecule has 0 spiro atoms. The zero-order valence-corrected chi connectivity index (χ0v) is 16.6. The Kier molecular flexibility index (Phi) is 5.66. The molecule has 2 heterocycles. The second-order valence-electron chi connectivity index (χ2n) is 6.07. The van der Waals surface area contributed by atoms with Gasteiger partial charge >= 0.3 is 0 Å². The number of aryl methyl sites for hydroxylation is 3. The number of aromatic nitrogens is 1. The third-order valence-electron chi connectivity index (χ3n) is 4.59. The van der Waals surface area contributed by atoms with Gasteiger partial charge in [-0.05, 0) is 45.7 Å². The molecule has 0 fully saturated rings. The van der Waals surface area contributed by atoms with E-state index < -0.39 is 0 Å². The minimum atomic E-state index is 0.189. The van der Waals surface area contributed by atoms with Gasteiger partial charge in [-0.3, -0.25) is 4.79 Å². The lowest BCUT2D eigenvalue weighted by atomic mass is 10.1. The minimum Gasteiger partial charge on any atom is -0.332 e. The number of fused-ring (bicyclic) bond motifs is 1. The Labute approximate surface area is 148 Å². The molecule has 1 aromatic carbocycles. The van der Waals surface area contributed by atoms with Crippen LogP contribution in [0, 0.1) is 34.6 Å². The summed E-state index contributed by atoms with van der Waals surface area (Å²) in [6.45, 7) is 15.1. The van der Waals surface area contributed by atoms with E-state index in [9.17, 15) is 4.79 Å². The smallest absolute Gasteiger partial charge is 0.193 e. The molecule has 0 unspecified atom stereocenters. The first-order chi connectivity index (χ1) is 11.4. The maximum Gasteiger partial charge on any atom is 0.193 e. The van der Waals surface area contributed by atoms with Crippen molar-refractivity contribution in [3.8, 4) is 0 Å². The topological polar surface area (TPSA) is 22.0 Å².